The molecule has 0 aliphatic heterocycles. The number of aromatic nitrogens is 2. The van der Waals surface area contributed by atoms with Crippen LogP contribution in [-0.2, 0) is 0 Å². The molecular formula is C18H20F3N3O2. The van der Waals surface area contributed by atoms with Crippen LogP contribution in [0.3, 0.4) is 0 Å². The molecule has 26 heavy (non-hydrogen) atoms. The van der Waals surface area contributed by atoms with Gasteiger partial charge in [-0.3, -0.25) is 0 Å². The quantitative estimate of drug-likeness (QED) is 0.823. The molecule has 0 bridgehead atoms. The number of rotatable bonds is 5. The second-order valence-corrected chi connectivity index (χ2v) is 6.17. The molecule has 1 aliphatic rings. The average molecular weight is 367 g/mol. The number of ether oxygens (including phenoxy) is 2. The molecule has 1 aromatic carbocycles. The van der Waals surface area contributed by atoms with Gasteiger partial charge in [-0.05, 0) is 30.5 Å². The topological polar surface area (TPSA) is 56.3 Å². The second kappa shape index (κ2) is 7.80. The van der Waals surface area contributed by atoms with Crippen LogP contribution < -0.4 is 14.8 Å². The van der Waals surface area contributed by atoms with E-state index in [0.29, 0.717) is 29.0 Å². The predicted molar refractivity (Wildman–Crippen MR) is 91.2 cm³/mol. The van der Waals surface area contributed by atoms with E-state index in [1.807, 2.05) is 0 Å². The first-order valence-corrected chi connectivity index (χ1v) is 8.48. The highest BCUT2D eigenvalue weighted by atomic mass is 19.4. The molecule has 0 unspecified atom stereocenters. The number of nitrogens with one attached hydrogen (secondary N) is 1. The third-order valence-electron chi connectivity index (χ3n) is 4.28. The van der Waals surface area contributed by atoms with Crippen LogP contribution in [0.2, 0.25) is 0 Å². The summed E-state index contributed by atoms with van der Waals surface area (Å²) in [6.45, 7) is 0. The van der Waals surface area contributed by atoms with Gasteiger partial charge in [0.15, 0.2) is 0 Å². The summed E-state index contributed by atoms with van der Waals surface area (Å²) in [7, 11) is 1.50. The molecule has 8 heteroatoms. The minimum atomic E-state index is -4.71. The molecule has 1 aromatic heterocycles. The maximum Gasteiger partial charge on any atom is 0.573 e. The lowest BCUT2D eigenvalue weighted by molar-refractivity contribution is -0.274. The third kappa shape index (κ3) is 4.77. The third-order valence-corrected chi connectivity index (χ3v) is 4.28. The van der Waals surface area contributed by atoms with Crippen molar-refractivity contribution in [1.82, 2.24) is 9.97 Å². The van der Waals surface area contributed by atoms with E-state index in [2.05, 4.69) is 20.0 Å². The lowest BCUT2D eigenvalue weighted by Gasteiger charge is -2.23. The van der Waals surface area contributed by atoms with Crippen molar-refractivity contribution in [2.24, 2.45) is 0 Å². The number of methoxy groups -OCH3 is 1. The van der Waals surface area contributed by atoms with E-state index in [0.717, 1.165) is 12.8 Å². The van der Waals surface area contributed by atoms with Gasteiger partial charge < -0.3 is 14.8 Å². The van der Waals surface area contributed by atoms with Crippen LogP contribution in [0.1, 0.15) is 32.1 Å². The van der Waals surface area contributed by atoms with E-state index in [9.17, 15) is 13.2 Å². The number of halogens is 3. The summed E-state index contributed by atoms with van der Waals surface area (Å²) in [5, 5.41) is 3.32. The zero-order valence-electron chi connectivity index (χ0n) is 14.3. The Kier molecular flexibility index (Phi) is 5.49. The predicted octanol–water partition coefficient (Wildman–Crippen LogP) is 4.80. The Morgan fingerprint density at radius 3 is 2.38 bits per heavy atom. The highest BCUT2D eigenvalue weighted by Crippen LogP contribution is 2.31. The van der Waals surface area contributed by atoms with Gasteiger partial charge in [0.05, 0.1) is 12.7 Å². The Morgan fingerprint density at radius 1 is 1.08 bits per heavy atom. The van der Waals surface area contributed by atoms with Gasteiger partial charge in [-0.25, -0.2) is 4.98 Å². The number of nitrogens with zero attached hydrogens (tertiary/aromatic N) is 2. The van der Waals surface area contributed by atoms with Gasteiger partial charge in [-0.1, -0.05) is 31.4 Å². The number of alkyl halides is 3. The highest BCUT2D eigenvalue weighted by molar-refractivity contribution is 5.69. The summed E-state index contributed by atoms with van der Waals surface area (Å²) in [4.78, 5) is 8.71. The summed E-state index contributed by atoms with van der Waals surface area (Å²) < 4.78 is 46.0. The average Bonchev–Trinajstić information content (AvgIpc) is 2.62. The molecule has 0 atom stereocenters. The fourth-order valence-corrected chi connectivity index (χ4v) is 3.06. The van der Waals surface area contributed by atoms with Crippen molar-refractivity contribution in [3.05, 3.63) is 30.5 Å². The Labute approximate surface area is 149 Å². The Hall–Kier alpha value is -2.51. The fraction of sp³-hybridized carbons (Fsp3) is 0.444. The van der Waals surface area contributed by atoms with E-state index in [4.69, 9.17) is 4.74 Å². The van der Waals surface area contributed by atoms with Crippen LogP contribution in [-0.4, -0.2) is 29.5 Å². The monoisotopic (exact) mass is 367 g/mol. The van der Waals surface area contributed by atoms with E-state index in [-0.39, 0.29) is 5.75 Å². The molecule has 1 fully saturated rings. The molecule has 0 radical (unpaired) electrons. The Bertz CT molecular complexity index is 729. The SMILES string of the molecule is COc1nc(NC2CCCCC2)ncc1-c1ccc(OC(F)(F)F)cc1. The highest BCUT2D eigenvalue weighted by Gasteiger charge is 2.31. The van der Waals surface area contributed by atoms with Gasteiger partial charge in [-0.2, -0.15) is 4.98 Å². The molecule has 0 spiro atoms. The molecule has 0 amide bonds. The zero-order valence-corrected chi connectivity index (χ0v) is 14.3. The fourth-order valence-electron chi connectivity index (χ4n) is 3.06. The molecule has 1 saturated carbocycles. The van der Waals surface area contributed by atoms with Gasteiger partial charge in [0, 0.05) is 12.2 Å². The van der Waals surface area contributed by atoms with Crippen LogP contribution in [0, 0.1) is 0 Å². The summed E-state index contributed by atoms with van der Waals surface area (Å²) in [6.07, 6.45) is 2.72. The van der Waals surface area contributed by atoms with E-state index in [1.54, 1.807) is 6.20 Å². The minimum absolute atomic E-state index is 0.281. The molecule has 1 heterocycles. The molecule has 5 nitrogen and oxygen atoms in total. The zero-order chi connectivity index (χ0) is 18.6. The summed E-state index contributed by atoms with van der Waals surface area (Å²) in [5.41, 5.74) is 1.24. The normalized spacial score (nSPS) is 15.5. The maximum atomic E-state index is 12.3. The second-order valence-electron chi connectivity index (χ2n) is 6.17. The van der Waals surface area contributed by atoms with Gasteiger partial charge in [0.2, 0.25) is 11.8 Å². The number of anilines is 1. The minimum Gasteiger partial charge on any atom is -0.480 e. The van der Waals surface area contributed by atoms with Crippen LogP contribution >= 0.6 is 0 Å². The standard InChI is InChI=1S/C18H20F3N3O2/c1-25-16-15(12-7-9-14(10-8-12)26-18(19,20)21)11-22-17(24-16)23-13-5-3-2-4-6-13/h7-11,13H,2-6H2,1H3,(H,22,23,24). The van der Waals surface area contributed by atoms with Crippen molar-refractivity contribution >= 4 is 5.95 Å². The number of hydrogen-bond donors (Lipinski definition) is 1. The van der Waals surface area contributed by atoms with Crippen LogP contribution in [0.25, 0.3) is 11.1 Å². The van der Waals surface area contributed by atoms with Crippen molar-refractivity contribution in [2.45, 2.75) is 44.5 Å². The van der Waals surface area contributed by atoms with Crippen LogP contribution in [0.15, 0.2) is 30.5 Å². The molecule has 1 aliphatic carbocycles. The smallest absolute Gasteiger partial charge is 0.480 e. The largest absolute Gasteiger partial charge is 0.573 e. The van der Waals surface area contributed by atoms with Crippen LogP contribution in [0.5, 0.6) is 11.6 Å². The summed E-state index contributed by atoms with van der Waals surface area (Å²) >= 11 is 0. The summed E-state index contributed by atoms with van der Waals surface area (Å²) in [5.74, 6) is 0.578. The number of benzene rings is 1. The first kappa shape index (κ1) is 18.3. The Morgan fingerprint density at radius 2 is 1.77 bits per heavy atom. The lowest BCUT2D eigenvalue weighted by atomic mass is 9.96. The van der Waals surface area contributed by atoms with E-state index < -0.39 is 6.36 Å². The first-order valence-electron chi connectivity index (χ1n) is 8.48. The van der Waals surface area contributed by atoms with E-state index >= 15 is 0 Å². The molecule has 3 rings (SSSR count). The molecule has 2 aromatic rings. The van der Waals surface area contributed by atoms with Crippen molar-refractivity contribution in [3.63, 3.8) is 0 Å². The molecule has 1 N–H and O–H groups in total. The van der Waals surface area contributed by atoms with Crippen molar-refractivity contribution in [3.8, 4) is 22.8 Å². The maximum absolute atomic E-state index is 12.3. The van der Waals surface area contributed by atoms with Crippen LogP contribution in [0.4, 0.5) is 19.1 Å². The Balaban J connectivity index is 1.76. The van der Waals surface area contributed by atoms with Crippen molar-refractivity contribution in [2.75, 3.05) is 12.4 Å². The molecule has 140 valence electrons. The van der Waals surface area contributed by atoms with E-state index in [1.165, 1.54) is 50.6 Å². The lowest BCUT2D eigenvalue weighted by Crippen LogP contribution is -2.23. The summed E-state index contributed by atoms with van der Waals surface area (Å²) in [6, 6.07) is 5.87. The van der Waals surface area contributed by atoms with Crippen molar-refractivity contribution in [1.29, 1.82) is 0 Å². The first-order chi connectivity index (χ1) is 12.4. The molecule has 0 saturated heterocycles. The van der Waals surface area contributed by atoms with Crippen molar-refractivity contribution < 1.29 is 22.6 Å². The number of hydrogen-bond acceptors (Lipinski definition) is 5. The van der Waals surface area contributed by atoms with Gasteiger partial charge in [-0.15, -0.1) is 13.2 Å². The molecular weight excluding hydrogens is 347 g/mol. The van der Waals surface area contributed by atoms with Gasteiger partial charge in [0.1, 0.15) is 5.75 Å². The van der Waals surface area contributed by atoms with Gasteiger partial charge in [0.25, 0.3) is 0 Å². The van der Waals surface area contributed by atoms with Gasteiger partial charge >= 0.3 is 6.36 Å².